The molecule has 42 heavy (non-hydrogen) atoms. The number of nitrogens with one attached hydrogen (secondary N) is 1. The molecule has 0 bridgehead atoms. The zero-order chi connectivity index (χ0) is 30.9. The fourth-order valence-corrected chi connectivity index (χ4v) is 6.05. The highest BCUT2D eigenvalue weighted by molar-refractivity contribution is 7.92. The van der Waals surface area contributed by atoms with Gasteiger partial charge in [-0.05, 0) is 87.7 Å². The summed E-state index contributed by atoms with van der Waals surface area (Å²) in [4.78, 5) is 29.0. The quantitative estimate of drug-likeness (QED) is 0.242. The van der Waals surface area contributed by atoms with Crippen molar-refractivity contribution < 1.29 is 22.7 Å². The predicted octanol–water partition coefficient (Wildman–Crippen LogP) is 5.96. The molecule has 2 amide bonds. The van der Waals surface area contributed by atoms with E-state index in [-0.39, 0.29) is 29.1 Å². The van der Waals surface area contributed by atoms with Gasteiger partial charge in [-0.1, -0.05) is 55.3 Å². The largest absolute Gasteiger partial charge is 0.494 e. The van der Waals surface area contributed by atoms with Crippen LogP contribution in [0.2, 0.25) is 5.02 Å². The first-order chi connectivity index (χ1) is 20.0. The first kappa shape index (κ1) is 32.9. The van der Waals surface area contributed by atoms with Crippen molar-refractivity contribution in [2.24, 2.45) is 0 Å². The molecule has 0 aromatic heterocycles. The fourth-order valence-electron chi connectivity index (χ4n) is 4.51. The Labute approximate surface area is 254 Å². The van der Waals surface area contributed by atoms with Crippen molar-refractivity contribution in [1.29, 1.82) is 0 Å². The van der Waals surface area contributed by atoms with Crippen LogP contribution in [0.1, 0.15) is 51.7 Å². The fraction of sp³-hybridized carbons (Fsp3) is 0.375. The first-order valence-corrected chi connectivity index (χ1v) is 16.0. The molecule has 0 heterocycles. The number of carbonyl (C=O) groups is 2. The molecule has 1 N–H and O–H groups in total. The number of amides is 2. The minimum absolute atomic E-state index is 0.0135. The lowest BCUT2D eigenvalue weighted by molar-refractivity contribution is -0.140. The zero-order valence-electron chi connectivity index (χ0n) is 24.8. The van der Waals surface area contributed by atoms with Crippen molar-refractivity contribution in [3.05, 3.63) is 88.9 Å². The lowest BCUT2D eigenvalue weighted by Crippen LogP contribution is -2.53. The first-order valence-electron chi connectivity index (χ1n) is 14.2. The molecular formula is C32H40ClN3O5S. The van der Waals surface area contributed by atoms with E-state index in [1.807, 2.05) is 58.9 Å². The number of benzene rings is 3. The molecule has 0 saturated heterocycles. The van der Waals surface area contributed by atoms with E-state index in [9.17, 15) is 18.0 Å². The van der Waals surface area contributed by atoms with Gasteiger partial charge in [0.2, 0.25) is 11.8 Å². The number of aryl methyl sites for hydroxylation is 1. The number of ether oxygens (including phenoxy) is 1. The van der Waals surface area contributed by atoms with E-state index in [1.165, 1.54) is 29.2 Å². The molecule has 0 aliphatic heterocycles. The summed E-state index contributed by atoms with van der Waals surface area (Å²) in [6.07, 6.45) is 1.09. The average Bonchev–Trinajstić information content (AvgIpc) is 2.96. The molecule has 0 saturated carbocycles. The normalized spacial score (nSPS) is 12.7. The number of rotatable bonds is 14. The van der Waals surface area contributed by atoms with Crippen LogP contribution >= 0.6 is 11.6 Å². The number of carbonyl (C=O) groups excluding carboxylic acids is 2. The van der Waals surface area contributed by atoms with Gasteiger partial charge in [-0.3, -0.25) is 13.9 Å². The van der Waals surface area contributed by atoms with Gasteiger partial charge in [-0.15, -0.1) is 0 Å². The van der Waals surface area contributed by atoms with Crippen LogP contribution in [-0.2, 0) is 26.2 Å². The van der Waals surface area contributed by atoms with Gasteiger partial charge in [0.05, 0.1) is 17.2 Å². The third kappa shape index (κ3) is 8.49. The van der Waals surface area contributed by atoms with Gasteiger partial charge in [-0.2, -0.15) is 0 Å². The molecule has 3 aromatic carbocycles. The van der Waals surface area contributed by atoms with E-state index in [1.54, 1.807) is 24.3 Å². The van der Waals surface area contributed by atoms with Gasteiger partial charge in [0.15, 0.2) is 0 Å². The van der Waals surface area contributed by atoms with Crippen LogP contribution in [-0.4, -0.2) is 50.4 Å². The lowest BCUT2D eigenvalue weighted by Gasteiger charge is -2.33. The summed E-state index contributed by atoms with van der Waals surface area (Å²) in [7, 11) is -4.19. The molecule has 0 spiro atoms. The average molecular weight is 614 g/mol. The number of hydrogen-bond donors (Lipinski definition) is 1. The monoisotopic (exact) mass is 613 g/mol. The molecule has 0 unspecified atom stereocenters. The Morgan fingerprint density at radius 1 is 0.952 bits per heavy atom. The lowest BCUT2D eigenvalue weighted by atomic mass is 10.1. The minimum Gasteiger partial charge on any atom is -0.494 e. The number of sulfonamides is 1. The van der Waals surface area contributed by atoms with Gasteiger partial charge in [0, 0.05) is 17.6 Å². The predicted molar refractivity (Wildman–Crippen MR) is 167 cm³/mol. The van der Waals surface area contributed by atoms with Crippen LogP contribution in [0.25, 0.3) is 0 Å². The van der Waals surface area contributed by atoms with Crippen LogP contribution < -0.4 is 14.4 Å². The van der Waals surface area contributed by atoms with Crippen molar-refractivity contribution >= 4 is 39.1 Å². The highest BCUT2D eigenvalue weighted by Crippen LogP contribution is 2.27. The second kappa shape index (κ2) is 15.1. The van der Waals surface area contributed by atoms with E-state index in [0.29, 0.717) is 23.8 Å². The number of nitrogens with zero attached hydrogens (tertiary/aromatic N) is 2. The highest BCUT2D eigenvalue weighted by Gasteiger charge is 2.34. The summed E-state index contributed by atoms with van der Waals surface area (Å²) in [5.74, 6) is -0.208. The van der Waals surface area contributed by atoms with E-state index >= 15 is 0 Å². The Hall–Kier alpha value is -3.56. The molecule has 3 rings (SSSR count). The van der Waals surface area contributed by atoms with E-state index in [0.717, 1.165) is 21.9 Å². The molecule has 0 aliphatic rings. The Balaban J connectivity index is 2.06. The van der Waals surface area contributed by atoms with Crippen molar-refractivity contribution in [1.82, 2.24) is 10.2 Å². The van der Waals surface area contributed by atoms with Gasteiger partial charge in [0.1, 0.15) is 18.3 Å². The summed E-state index contributed by atoms with van der Waals surface area (Å²) in [5.41, 5.74) is 2.14. The van der Waals surface area contributed by atoms with Gasteiger partial charge < -0.3 is 15.0 Å². The molecule has 8 nitrogen and oxygen atoms in total. The SMILES string of the molecule is CCOc1ccc(N(CC(=O)N(Cc2cccc(C)c2)[C@H](CC)C(=O)N[C@H](C)CC)S(=O)(=O)c2ccc(Cl)cc2)cc1. The van der Waals surface area contributed by atoms with Crippen molar-refractivity contribution in [2.75, 3.05) is 17.5 Å². The second-order valence-corrected chi connectivity index (χ2v) is 12.4. The van der Waals surface area contributed by atoms with Crippen LogP contribution in [0.15, 0.2) is 77.7 Å². The maximum Gasteiger partial charge on any atom is 0.264 e. The van der Waals surface area contributed by atoms with Gasteiger partial charge in [0.25, 0.3) is 10.0 Å². The summed E-state index contributed by atoms with van der Waals surface area (Å²) in [5, 5.41) is 3.38. The maximum atomic E-state index is 14.2. The second-order valence-electron chi connectivity index (χ2n) is 10.1. The van der Waals surface area contributed by atoms with Crippen LogP contribution in [0.3, 0.4) is 0 Å². The van der Waals surface area contributed by atoms with Crippen molar-refractivity contribution in [2.45, 2.75) is 71.0 Å². The standard InChI is InChI=1S/C32H40ClN3O5S/c1-6-24(5)34-32(38)30(7-2)35(21-25-11-9-10-23(4)20-25)31(37)22-36(27-14-16-28(17-15-27)41-8-3)42(39,40)29-18-12-26(33)13-19-29/h9-20,24,30H,6-8,21-22H2,1-5H3,(H,34,38)/t24-,30-/m1/s1. The van der Waals surface area contributed by atoms with E-state index in [2.05, 4.69) is 5.32 Å². The van der Waals surface area contributed by atoms with E-state index in [4.69, 9.17) is 16.3 Å². The molecule has 2 atom stereocenters. The van der Waals surface area contributed by atoms with Crippen molar-refractivity contribution in [3.63, 3.8) is 0 Å². The van der Waals surface area contributed by atoms with Crippen molar-refractivity contribution in [3.8, 4) is 5.75 Å². The molecular weight excluding hydrogens is 574 g/mol. The topological polar surface area (TPSA) is 96.0 Å². The third-order valence-electron chi connectivity index (χ3n) is 6.94. The smallest absolute Gasteiger partial charge is 0.264 e. The Bertz CT molecular complexity index is 1450. The Morgan fingerprint density at radius 2 is 1.62 bits per heavy atom. The summed E-state index contributed by atoms with van der Waals surface area (Å²) in [6.45, 7) is 9.61. The van der Waals surface area contributed by atoms with Crippen LogP contribution in [0, 0.1) is 6.92 Å². The summed E-state index contributed by atoms with van der Waals surface area (Å²) < 4.78 is 34.5. The van der Waals surface area contributed by atoms with Crippen LogP contribution in [0.4, 0.5) is 5.69 Å². The third-order valence-corrected chi connectivity index (χ3v) is 8.98. The molecule has 0 fully saturated rings. The maximum absolute atomic E-state index is 14.2. The Kier molecular flexibility index (Phi) is 11.8. The molecule has 10 heteroatoms. The highest BCUT2D eigenvalue weighted by atomic mass is 35.5. The molecule has 0 aliphatic carbocycles. The zero-order valence-corrected chi connectivity index (χ0v) is 26.4. The van der Waals surface area contributed by atoms with E-state index < -0.39 is 28.5 Å². The van der Waals surface area contributed by atoms with Crippen LogP contribution in [0.5, 0.6) is 5.75 Å². The number of halogens is 1. The molecule has 226 valence electrons. The minimum atomic E-state index is -4.19. The summed E-state index contributed by atoms with van der Waals surface area (Å²) >= 11 is 6.03. The number of hydrogen-bond acceptors (Lipinski definition) is 5. The van der Waals surface area contributed by atoms with Gasteiger partial charge >= 0.3 is 0 Å². The van der Waals surface area contributed by atoms with Gasteiger partial charge in [-0.25, -0.2) is 8.42 Å². The number of anilines is 1. The Morgan fingerprint density at radius 3 is 2.19 bits per heavy atom. The summed E-state index contributed by atoms with van der Waals surface area (Å²) in [6, 6.07) is 19.1. The molecule has 3 aromatic rings. The molecule has 0 radical (unpaired) electrons.